The molecule has 0 saturated heterocycles. The van der Waals surface area contributed by atoms with E-state index >= 15 is 0 Å². The summed E-state index contributed by atoms with van der Waals surface area (Å²) < 4.78 is 19.8. The maximum atomic E-state index is 14.3. The van der Waals surface area contributed by atoms with Crippen molar-refractivity contribution in [1.82, 2.24) is 5.32 Å². The minimum absolute atomic E-state index is 0.195. The normalized spacial score (nSPS) is 10.6. The van der Waals surface area contributed by atoms with Gasteiger partial charge >= 0.3 is 0 Å². The summed E-state index contributed by atoms with van der Waals surface area (Å²) >= 11 is 0. The van der Waals surface area contributed by atoms with Crippen LogP contribution in [0.4, 0.5) is 4.39 Å². The van der Waals surface area contributed by atoms with Crippen LogP contribution in [0.1, 0.15) is 25.8 Å². The number of hydrogen-bond donors (Lipinski definition) is 1. The molecule has 0 unspecified atom stereocenters. The van der Waals surface area contributed by atoms with Gasteiger partial charge in [-0.1, -0.05) is 31.2 Å². The SMILES string of the molecule is CCCNCc1ccc(-c2cccc(OCC)c2)c(F)c1. The molecular formula is C18H22FNO. The average molecular weight is 287 g/mol. The van der Waals surface area contributed by atoms with Crippen LogP contribution < -0.4 is 10.1 Å². The second-order valence-corrected chi connectivity index (χ2v) is 4.95. The first-order valence-corrected chi connectivity index (χ1v) is 7.47. The van der Waals surface area contributed by atoms with E-state index in [1.807, 2.05) is 43.3 Å². The first-order chi connectivity index (χ1) is 10.2. The second kappa shape index (κ2) is 7.79. The summed E-state index contributed by atoms with van der Waals surface area (Å²) in [6, 6.07) is 12.9. The van der Waals surface area contributed by atoms with E-state index in [0.717, 1.165) is 29.8 Å². The molecular weight excluding hydrogens is 265 g/mol. The van der Waals surface area contributed by atoms with Gasteiger partial charge in [0.2, 0.25) is 0 Å². The third-order valence-electron chi connectivity index (χ3n) is 3.25. The smallest absolute Gasteiger partial charge is 0.131 e. The molecule has 0 bridgehead atoms. The summed E-state index contributed by atoms with van der Waals surface area (Å²) in [6.07, 6.45) is 1.07. The molecule has 2 nitrogen and oxygen atoms in total. The molecule has 2 aromatic carbocycles. The van der Waals surface area contributed by atoms with Gasteiger partial charge in [-0.2, -0.15) is 0 Å². The zero-order chi connectivity index (χ0) is 15.1. The molecule has 0 heterocycles. The van der Waals surface area contributed by atoms with Crippen molar-refractivity contribution in [3.8, 4) is 16.9 Å². The Balaban J connectivity index is 2.18. The number of benzene rings is 2. The molecule has 1 N–H and O–H groups in total. The minimum Gasteiger partial charge on any atom is -0.494 e. The number of rotatable bonds is 7. The molecule has 0 aromatic heterocycles. The van der Waals surface area contributed by atoms with E-state index in [1.165, 1.54) is 0 Å². The standard InChI is InChI=1S/C18H22FNO/c1-3-10-20-13-14-8-9-17(18(19)11-14)15-6-5-7-16(12-15)21-4-2/h5-9,11-12,20H,3-4,10,13H2,1-2H3. The zero-order valence-electron chi connectivity index (χ0n) is 12.7. The Morgan fingerprint density at radius 3 is 2.67 bits per heavy atom. The molecule has 0 aliphatic carbocycles. The van der Waals surface area contributed by atoms with Crippen LogP contribution in [0.15, 0.2) is 42.5 Å². The molecule has 0 spiro atoms. The summed E-state index contributed by atoms with van der Waals surface area (Å²) in [6.45, 7) is 6.30. The molecule has 0 aliphatic rings. The van der Waals surface area contributed by atoms with Gasteiger partial charge in [0.25, 0.3) is 0 Å². The van der Waals surface area contributed by atoms with Gasteiger partial charge in [-0.25, -0.2) is 4.39 Å². The van der Waals surface area contributed by atoms with E-state index in [2.05, 4.69) is 12.2 Å². The van der Waals surface area contributed by atoms with Crippen molar-refractivity contribution in [3.05, 3.63) is 53.8 Å². The predicted octanol–water partition coefficient (Wildman–Crippen LogP) is 4.39. The van der Waals surface area contributed by atoms with Crippen molar-refractivity contribution in [2.24, 2.45) is 0 Å². The van der Waals surface area contributed by atoms with Crippen LogP contribution >= 0.6 is 0 Å². The Hall–Kier alpha value is -1.87. The highest BCUT2D eigenvalue weighted by atomic mass is 19.1. The van der Waals surface area contributed by atoms with Gasteiger partial charge in [0.1, 0.15) is 11.6 Å². The van der Waals surface area contributed by atoms with Crippen molar-refractivity contribution < 1.29 is 9.13 Å². The van der Waals surface area contributed by atoms with Crippen LogP contribution in [-0.2, 0) is 6.54 Å². The van der Waals surface area contributed by atoms with Crippen molar-refractivity contribution in [1.29, 1.82) is 0 Å². The highest BCUT2D eigenvalue weighted by Crippen LogP contribution is 2.27. The summed E-state index contributed by atoms with van der Waals surface area (Å²) in [4.78, 5) is 0. The molecule has 0 aliphatic heterocycles. The lowest BCUT2D eigenvalue weighted by Gasteiger charge is -2.09. The molecule has 2 aromatic rings. The number of nitrogens with one attached hydrogen (secondary N) is 1. The predicted molar refractivity (Wildman–Crippen MR) is 85.0 cm³/mol. The summed E-state index contributed by atoms with van der Waals surface area (Å²) in [5, 5.41) is 3.28. The number of ether oxygens (including phenoxy) is 1. The van der Waals surface area contributed by atoms with Crippen LogP contribution in [-0.4, -0.2) is 13.2 Å². The highest BCUT2D eigenvalue weighted by Gasteiger charge is 2.07. The summed E-state index contributed by atoms with van der Waals surface area (Å²) in [5.41, 5.74) is 2.41. The average Bonchev–Trinajstić information content (AvgIpc) is 2.48. The monoisotopic (exact) mass is 287 g/mol. The van der Waals surface area contributed by atoms with Gasteiger partial charge in [0, 0.05) is 12.1 Å². The van der Waals surface area contributed by atoms with E-state index in [0.29, 0.717) is 18.7 Å². The maximum absolute atomic E-state index is 14.3. The molecule has 3 heteroatoms. The molecule has 0 saturated carbocycles. The summed E-state index contributed by atoms with van der Waals surface area (Å²) in [5.74, 6) is 0.572. The van der Waals surface area contributed by atoms with E-state index in [9.17, 15) is 4.39 Å². The van der Waals surface area contributed by atoms with E-state index in [-0.39, 0.29) is 5.82 Å². The molecule has 0 radical (unpaired) electrons. The van der Waals surface area contributed by atoms with Crippen molar-refractivity contribution in [2.45, 2.75) is 26.8 Å². The van der Waals surface area contributed by atoms with Gasteiger partial charge in [0.05, 0.1) is 6.61 Å². The van der Waals surface area contributed by atoms with Gasteiger partial charge in [0.15, 0.2) is 0 Å². The van der Waals surface area contributed by atoms with Crippen molar-refractivity contribution >= 4 is 0 Å². The summed E-state index contributed by atoms with van der Waals surface area (Å²) in [7, 11) is 0. The molecule has 112 valence electrons. The fraction of sp³-hybridized carbons (Fsp3) is 0.333. The molecule has 0 atom stereocenters. The Labute approximate surface area is 126 Å². The fourth-order valence-electron chi connectivity index (χ4n) is 2.23. The Morgan fingerprint density at radius 1 is 1.10 bits per heavy atom. The van der Waals surface area contributed by atoms with Gasteiger partial charge in [-0.15, -0.1) is 0 Å². The molecule has 2 rings (SSSR count). The Kier molecular flexibility index (Phi) is 5.76. The fourth-order valence-corrected chi connectivity index (χ4v) is 2.23. The lowest BCUT2D eigenvalue weighted by atomic mass is 10.0. The topological polar surface area (TPSA) is 21.3 Å². The quantitative estimate of drug-likeness (QED) is 0.763. The number of halogens is 1. The van der Waals surface area contributed by atoms with Crippen LogP contribution in [0.3, 0.4) is 0 Å². The molecule has 21 heavy (non-hydrogen) atoms. The van der Waals surface area contributed by atoms with E-state index in [4.69, 9.17) is 4.74 Å². The van der Waals surface area contributed by atoms with Crippen LogP contribution in [0.25, 0.3) is 11.1 Å². The van der Waals surface area contributed by atoms with Gasteiger partial charge in [-0.3, -0.25) is 0 Å². The largest absolute Gasteiger partial charge is 0.494 e. The van der Waals surface area contributed by atoms with Crippen LogP contribution in [0, 0.1) is 5.82 Å². The first-order valence-electron chi connectivity index (χ1n) is 7.47. The van der Waals surface area contributed by atoms with E-state index in [1.54, 1.807) is 6.07 Å². The highest BCUT2D eigenvalue weighted by molar-refractivity contribution is 5.66. The Bertz CT molecular complexity index is 583. The first kappa shape index (κ1) is 15.5. The second-order valence-electron chi connectivity index (χ2n) is 4.95. The third kappa shape index (κ3) is 4.30. The van der Waals surface area contributed by atoms with Crippen LogP contribution in [0.2, 0.25) is 0 Å². The lowest BCUT2D eigenvalue weighted by molar-refractivity contribution is 0.340. The van der Waals surface area contributed by atoms with Gasteiger partial charge in [-0.05, 0) is 49.2 Å². The van der Waals surface area contributed by atoms with Crippen LogP contribution in [0.5, 0.6) is 5.75 Å². The minimum atomic E-state index is -0.195. The molecule has 0 amide bonds. The zero-order valence-corrected chi connectivity index (χ0v) is 12.7. The molecule has 0 fully saturated rings. The lowest BCUT2D eigenvalue weighted by Crippen LogP contribution is -2.13. The Morgan fingerprint density at radius 2 is 1.95 bits per heavy atom. The van der Waals surface area contributed by atoms with E-state index < -0.39 is 0 Å². The maximum Gasteiger partial charge on any atom is 0.131 e. The third-order valence-corrected chi connectivity index (χ3v) is 3.25. The van der Waals surface area contributed by atoms with Crippen molar-refractivity contribution in [3.63, 3.8) is 0 Å². The number of hydrogen-bond acceptors (Lipinski definition) is 2. The van der Waals surface area contributed by atoms with Gasteiger partial charge < -0.3 is 10.1 Å². The van der Waals surface area contributed by atoms with Crippen molar-refractivity contribution in [2.75, 3.05) is 13.2 Å².